The molecule has 1 fully saturated rings. The van der Waals surface area contributed by atoms with Crippen LogP contribution in [0.5, 0.6) is 0 Å². The van der Waals surface area contributed by atoms with E-state index < -0.39 is 0 Å². The van der Waals surface area contributed by atoms with Crippen molar-refractivity contribution in [2.24, 2.45) is 5.92 Å². The molecule has 0 radical (unpaired) electrons. The Morgan fingerprint density at radius 2 is 1.86 bits per heavy atom. The van der Waals surface area contributed by atoms with Crippen molar-refractivity contribution in [2.75, 3.05) is 5.32 Å². The first-order valence-electron chi connectivity index (χ1n) is 11.6. The predicted octanol–water partition coefficient (Wildman–Crippen LogP) is 6.38. The molecule has 176 valence electrons. The number of hydrogen-bond donors (Lipinski definition) is 3. The number of anilines is 1. The third kappa shape index (κ3) is 3.64. The maximum Gasteiger partial charge on any atom is 0.227 e. The zero-order valence-electron chi connectivity index (χ0n) is 18.9. The molecule has 5 heterocycles. The van der Waals surface area contributed by atoms with Crippen molar-refractivity contribution in [2.45, 2.75) is 12.8 Å². The lowest BCUT2D eigenvalue weighted by Gasteiger charge is -2.07. The van der Waals surface area contributed by atoms with Gasteiger partial charge in [-0.1, -0.05) is 6.07 Å². The Bertz CT molecular complexity index is 1780. The molecule has 1 saturated carbocycles. The summed E-state index contributed by atoms with van der Waals surface area (Å²) in [5.41, 5.74) is 6.71. The first kappa shape index (κ1) is 21.0. The number of halogens is 1. The minimum absolute atomic E-state index is 0.0551. The molecule has 7 nitrogen and oxygen atoms in total. The molecule has 3 N–H and O–H groups in total. The van der Waals surface area contributed by atoms with Gasteiger partial charge in [-0.2, -0.15) is 9.49 Å². The lowest BCUT2D eigenvalue weighted by Crippen LogP contribution is -2.13. The van der Waals surface area contributed by atoms with Crippen LogP contribution in [0.3, 0.4) is 0 Å². The maximum absolute atomic E-state index is 13.7. The Balaban J connectivity index is 1.28. The highest BCUT2D eigenvalue weighted by atomic mass is 32.1. The van der Waals surface area contributed by atoms with E-state index in [4.69, 9.17) is 0 Å². The molecule has 1 aliphatic carbocycles. The van der Waals surface area contributed by atoms with Crippen molar-refractivity contribution in [1.29, 1.82) is 0 Å². The quantitative estimate of drug-likeness (QED) is 0.259. The average molecular weight is 495 g/mol. The fourth-order valence-corrected chi connectivity index (χ4v) is 5.22. The number of fused-ring (bicyclic) bond motifs is 2. The van der Waals surface area contributed by atoms with Crippen molar-refractivity contribution in [3.8, 4) is 33.1 Å². The van der Waals surface area contributed by atoms with Crippen LogP contribution >= 0.6 is 11.3 Å². The summed E-state index contributed by atoms with van der Waals surface area (Å²) in [5.74, 6) is 0.184. The number of aromatic nitrogens is 5. The molecule has 36 heavy (non-hydrogen) atoms. The van der Waals surface area contributed by atoms with E-state index in [0.717, 1.165) is 79.1 Å². The van der Waals surface area contributed by atoms with Crippen LogP contribution in [0.2, 0.25) is 0 Å². The minimum Gasteiger partial charge on any atom is -0.353 e. The van der Waals surface area contributed by atoms with E-state index in [1.54, 1.807) is 24.7 Å². The average Bonchev–Trinajstić information content (AvgIpc) is 3.30. The Kier molecular flexibility index (Phi) is 4.71. The number of carbonyl (C=O) groups is 1. The summed E-state index contributed by atoms with van der Waals surface area (Å²) in [6.07, 6.45) is 7.08. The SMILES string of the molecule is O=C(Nc1cncc(-c2ccc3[nH]nc(-c4cc5c(-c6ccc(F)s6)nccc5[nH]4)c3c2)c1)C1CC1. The lowest BCUT2D eigenvalue weighted by molar-refractivity contribution is -0.117. The van der Waals surface area contributed by atoms with Crippen molar-refractivity contribution in [3.05, 3.63) is 72.3 Å². The van der Waals surface area contributed by atoms with Gasteiger partial charge in [0.15, 0.2) is 5.13 Å². The molecule has 0 atom stereocenters. The van der Waals surface area contributed by atoms with Gasteiger partial charge in [-0.25, -0.2) is 0 Å². The number of hydrogen-bond acceptors (Lipinski definition) is 5. The van der Waals surface area contributed by atoms with Gasteiger partial charge in [-0.05, 0) is 60.9 Å². The van der Waals surface area contributed by atoms with Crippen LogP contribution in [0.1, 0.15) is 12.8 Å². The molecular formula is C27H19FN6OS. The fraction of sp³-hybridized carbons (Fsp3) is 0.111. The number of benzene rings is 1. The molecule has 5 aromatic heterocycles. The highest BCUT2D eigenvalue weighted by Crippen LogP contribution is 2.36. The molecule has 9 heteroatoms. The van der Waals surface area contributed by atoms with Crippen LogP contribution in [0.4, 0.5) is 10.1 Å². The minimum atomic E-state index is -0.240. The van der Waals surface area contributed by atoms with Crippen LogP contribution in [-0.2, 0) is 4.79 Å². The summed E-state index contributed by atoms with van der Waals surface area (Å²) < 4.78 is 13.7. The first-order chi connectivity index (χ1) is 17.6. The van der Waals surface area contributed by atoms with E-state index in [2.05, 4.69) is 36.5 Å². The van der Waals surface area contributed by atoms with E-state index >= 15 is 0 Å². The summed E-state index contributed by atoms with van der Waals surface area (Å²) in [5, 5.41) is 12.3. The molecule has 6 aromatic rings. The van der Waals surface area contributed by atoms with Crippen LogP contribution < -0.4 is 5.32 Å². The van der Waals surface area contributed by atoms with Gasteiger partial charge in [0.05, 0.1) is 33.7 Å². The van der Waals surface area contributed by atoms with Gasteiger partial charge >= 0.3 is 0 Å². The van der Waals surface area contributed by atoms with Gasteiger partial charge < -0.3 is 10.3 Å². The van der Waals surface area contributed by atoms with E-state index in [1.165, 1.54) is 6.07 Å². The molecule has 0 spiro atoms. The van der Waals surface area contributed by atoms with E-state index in [-0.39, 0.29) is 17.0 Å². The standard InChI is InChI=1S/C27H19FN6OS/c28-24-6-5-23(36-24)26-19-11-22(32-20(19)7-8-30-26)25-18-10-15(3-4-21(18)33-34-25)16-9-17(13-29-12-16)31-27(35)14-1-2-14/h3-14,32H,1-2H2,(H,31,35)(H,33,34). The van der Waals surface area contributed by atoms with Crippen molar-refractivity contribution >= 4 is 44.7 Å². The molecule has 0 bridgehead atoms. The Labute approximate surface area is 208 Å². The third-order valence-corrected chi connectivity index (χ3v) is 7.34. The molecule has 0 unspecified atom stereocenters. The molecule has 1 aliphatic rings. The number of H-pyrrole nitrogens is 2. The molecule has 0 saturated heterocycles. The van der Waals surface area contributed by atoms with Gasteiger partial charge in [0.2, 0.25) is 5.91 Å². The molecule has 1 aromatic carbocycles. The second-order valence-electron chi connectivity index (χ2n) is 8.97. The number of nitrogens with one attached hydrogen (secondary N) is 3. The summed E-state index contributed by atoms with van der Waals surface area (Å²) in [4.78, 5) is 25.2. The largest absolute Gasteiger partial charge is 0.353 e. The maximum atomic E-state index is 13.7. The topological polar surface area (TPSA) is 99.3 Å². The normalized spacial score (nSPS) is 13.5. The third-order valence-electron chi connectivity index (χ3n) is 6.46. The number of amides is 1. The van der Waals surface area contributed by atoms with Gasteiger partial charge in [-0.3, -0.25) is 19.9 Å². The molecule has 0 aliphatic heterocycles. The number of rotatable bonds is 5. The number of nitrogens with zero attached hydrogens (tertiary/aromatic N) is 3. The summed E-state index contributed by atoms with van der Waals surface area (Å²) in [7, 11) is 0. The highest BCUT2D eigenvalue weighted by molar-refractivity contribution is 7.13. The number of pyridine rings is 2. The second-order valence-corrected chi connectivity index (χ2v) is 10.00. The summed E-state index contributed by atoms with van der Waals surface area (Å²) in [6.45, 7) is 0. The van der Waals surface area contributed by atoms with Crippen LogP contribution in [0.15, 0.2) is 67.1 Å². The first-order valence-corrected chi connectivity index (χ1v) is 12.4. The zero-order valence-corrected chi connectivity index (χ0v) is 19.7. The predicted molar refractivity (Wildman–Crippen MR) is 139 cm³/mol. The number of aromatic amines is 2. The van der Waals surface area contributed by atoms with Crippen LogP contribution in [0, 0.1) is 11.0 Å². The van der Waals surface area contributed by atoms with Crippen LogP contribution in [-0.4, -0.2) is 31.1 Å². The lowest BCUT2D eigenvalue weighted by atomic mass is 10.0. The van der Waals surface area contributed by atoms with E-state index in [1.807, 2.05) is 30.3 Å². The van der Waals surface area contributed by atoms with Crippen molar-refractivity contribution in [1.82, 2.24) is 25.1 Å². The second kappa shape index (κ2) is 8.10. The smallest absolute Gasteiger partial charge is 0.227 e. The molecule has 1 amide bonds. The fourth-order valence-electron chi connectivity index (χ4n) is 4.47. The molecular weight excluding hydrogens is 475 g/mol. The zero-order chi connectivity index (χ0) is 24.2. The van der Waals surface area contributed by atoms with Crippen LogP contribution in [0.25, 0.3) is 54.9 Å². The monoisotopic (exact) mass is 494 g/mol. The van der Waals surface area contributed by atoms with Gasteiger partial charge in [0.25, 0.3) is 0 Å². The Morgan fingerprint density at radius 3 is 2.69 bits per heavy atom. The summed E-state index contributed by atoms with van der Waals surface area (Å²) in [6, 6.07) is 15.1. The van der Waals surface area contributed by atoms with Crippen molar-refractivity contribution < 1.29 is 9.18 Å². The van der Waals surface area contributed by atoms with E-state index in [9.17, 15) is 9.18 Å². The molecule has 7 rings (SSSR count). The number of thiophene rings is 1. The highest BCUT2D eigenvalue weighted by Gasteiger charge is 2.29. The Morgan fingerprint density at radius 1 is 0.972 bits per heavy atom. The van der Waals surface area contributed by atoms with Gasteiger partial charge in [0.1, 0.15) is 5.69 Å². The summed E-state index contributed by atoms with van der Waals surface area (Å²) >= 11 is 1.08. The van der Waals surface area contributed by atoms with Gasteiger partial charge in [0, 0.05) is 40.2 Å². The van der Waals surface area contributed by atoms with E-state index in [0.29, 0.717) is 5.69 Å². The van der Waals surface area contributed by atoms with Gasteiger partial charge in [-0.15, -0.1) is 11.3 Å². The Hall–Kier alpha value is -4.37. The van der Waals surface area contributed by atoms with Crippen molar-refractivity contribution in [3.63, 3.8) is 0 Å². The number of carbonyl (C=O) groups excluding carboxylic acids is 1.